The Morgan fingerprint density at radius 2 is 1.68 bits per heavy atom. The molecule has 138 valence electrons. The molecule has 0 aromatic heterocycles. The summed E-state index contributed by atoms with van der Waals surface area (Å²) < 4.78 is 0. The van der Waals surface area contributed by atoms with E-state index in [0.717, 1.165) is 43.7 Å². The Morgan fingerprint density at radius 1 is 1.00 bits per heavy atom. The van der Waals surface area contributed by atoms with Gasteiger partial charge in [0.2, 0.25) is 5.91 Å². The van der Waals surface area contributed by atoms with E-state index in [1.54, 1.807) is 0 Å². The van der Waals surface area contributed by atoms with Crippen molar-refractivity contribution < 1.29 is 4.79 Å². The number of amides is 1. The molecule has 1 aliphatic carbocycles. The third-order valence-corrected chi connectivity index (χ3v) is 5.56. The van der Waals surface area contributed by atoms with Crippen LogP contribution in [0.1, 0.15) is 64.7 Å². The third kappa shape index (κ3) is 5.21. The number of benzene rings is 1. The molecule has 4 heteroatoms. The van der Waals surface area contributed by atoms with Crippen molar-refractivity contribution in [3.8, 4) is 0 Å². The molecule has 0 spiro atoms. The number of carbonyl (C=O) groups excluding carboxylic acids is 1. The average molecular weight is 344 g/mol. The monoisotopic (exact) mass is 343 g/mol. The van der Waals surface area contributed by atoms with Crippen molar-refractivity contribution in [1.82, 2.24) is 4.90 Å². The lowest BCUT2D eigenvalue weighted by Crippen LogP contribution is -2.47. The molecule has 25 heavy (non-hydrogen) atoms. The summed E-state index contributed by atoms with van der Waals surface area (Å²) in [4.78, 5) is 15.0. The van der Waals surface area contributed by atoms with E-state index in [-0.39, 0.29) is 11.9 Å². The minimum absolute atomic E-state index is 0.0359. The maximum Gasteiger partial charge on any atom is 0.241 e. The molecule has 2 N–H and O–H groups in total. The largest absolute Gasteiger partial charge is 0.382 e. The van der Waals surface area contributed by atoms with Crippen molar-refractivity contribution in [1.29, 1.82) is 0 Å². The lowest BCUT2D eigenvalue weighted by molar-refractivity contribution is -0.122. The van der Waals surface area contributed by atoms with Crippen molar-refractivity contribution in [2.45, 2.75) is 76.8 Å². The number of nitrogens with one attached hydrogen (secondary N) is 2. The smallest absolute Gasteiger partial charge is 0.241 e. The van der Waals surface area contributed by atoms with Crippen LogP contribution in [0, 0.1) is 0 Å². The fourth-order valence-electron chi connectivity index (χ4n) is 4.20. The highest BCUT2D eigenvalue weighted by Gasteiger charge is 2.27. The van der Waals surface area contributed by atoms with Gasteiger partial charge in [-0.05, 0) is 69.5 Å². The third-order valence-electron chi connectivity index (χ3n) is 5.56. The molecule has 1 amide bonds. The van der Waals surface area contributed by atoms with Gasteiger partial charge in [-0.1, -0.05) is 32.6 Å². The number of likely N-dealkylation sites (tertiary alicyclic amines) is 1. The zero-order valence-corrected chi connectivity index (χ0v) is 15.6. The summed E-state index contributed by atoms with van der Waals surface area (Å²) >= 11 is 0. The predicted molar refractivity (Wildman–Crippen MR) is 105 cm³/mol. The maximum atomic E-state index is 12.7. The Balaban J connectivity index is 1.54. The van der Waals surface area contributed by atoms with Gasteiger partial charge in [-0.15, -0.1) is 0 Å². The maximum absolute atomic E-state index is 12.7. The van der Waals surface area contributed by atoms with Gasteiger partial charge in [0.15, 0.2) is 0 Å². The quantitative estimate of drug-likeness (QED) is 0.791. The van der Waals surface area contributed by atoms with Gasteiger partial charge in [-0.25, -0.2) is 0 Å². The highest BCUT2D eigenvalue weighted by molar-refractivity contribution is 5.95. The summed E-state index contributed by atoms with van der Waals surface area (Å²) in [6.45, 7) is 4.25. The zero-order valence-electron chi connectivity index (χ0n) is 15.6. The average Bonchev–Trinajstić information content (AvgIpc) is 2.65. The highest BCUT2D eigenvalue weighted by Crippen LogP contribution is 2.23. The second-order valence-corrected chi connectivity index (χ2v) is 7.59. The van der Waals surface area contributed by atoms with Crippen LogP contribution in [0.2, 0.25) is 0 Å². The molecule has 0 radical (unpaired) electrons. The van der Waals surface area contributed by atoms with Crippen LogP contribution in [0.15, 0.2) is 24.3 Å². The Hall–Kier alpha value is -1.55. The highest BCUT2D eigenvalue weighted by atomic mass is 16.2. The SMILES string of the molecule is CCCN1CCCCC1C(=O)Nc1ccc(NC2CCCCC2)cc1. The van der Waals surface area contributed by atoms with Crippen LogP contribution in [0.5, 0.6) is 0 Å². The molecule has 1 aromatic rings. The zero-order chi connectivity index (χ0) is 17.5. The summed E-state index contributed by atoms with van der Waals surface area (Å²) in [5, 5.41) is 6.75. The fourth-order valence-corrected chi connectivity index (χ4v) is 4.20. The van der Waals surface area contributed by atoms with Crippen LogP contribution in [0.25, 0.3) is 0 Å². The van der Waals surface area contributed by atoms with E-state index >= 15 is 0 Å². The Kier molecular flexibility index (Phi) is 6.74. The normalized spacial score (nSPS) is 22.5. The topological polar surface area (TPSA) is 44.4 Å². The molecule has 1 saturated heterocycles. The Bertz CT molecular complexity index is 535. The second kappa shape index (κ2) is 9.23. The first-order valence-corrected chi connectivity index (χ1v) is 10.2. The van der Waals surface area contributed by atoms with Gasteiger partial charge in [0, 0.05) is 17.4 Å². The fraction of sp³-hybridized carbons (Fsp3) is 0.667. The molecular formula is C21H33N3O. The summed E-state index contributed by atoms with van der Waals surface area (Å²) in [7, 11) is 0. The molecule has 0 bridgehead atoms. The molecular weight excluding hydrogens is 310 g/mol. The molecule has 1 unspecified atom stereocenters. The number of nitrogens with zero attached hydrogens (tertiary/aromatic N) is 1. The number of hydrogen-bond donors (Lipinski definition) is 2. The van der Waals surface area contributed by atoms with Crippen LogP contribution in [-0.2, 0) is 4.79 Å². The van der Waals surface area contributed by atoms with Crippen molar-refractivity contribution in [3.63, 3.8) is 0 Å². The molecule has 1 heterocycles. The molecule has 3 rings (SSSR count). The number of hydrogen-bond acceptors (Lipinski definition) is 3. The molecule has 1 atom stereocenters. The number of anilines is 2. The van der Waals surface area contributed by atoms with Gasteiger partial charge < -0.3 is 10.6 Å². The van der Waals surface area contributed by atoms with Gasteiger partial charge >= 0.3 is 0 Å². The molecule has 2 fully saturated rings. The van der Waals surface area contributed by atoms with Crippen LogP contribution in [-0.4, -0.2) is 36.0 Å². The number of piperidine rings is 1. The van der Waals surface area contributed by atoms with Gasteiger partial charge in [-0.3, -0.25) is 9.69 Å². The van der Waals surface area contributed by atoms with Gasteiger partial charge in [0.1, 0.15) is 0 Å². The lowest BCUT2D eigenvalue weighted by atomic mass is 9.95. The molecule has 2 aliphatic rings. The van der Waals surface area contributed by atoms with E-state index in [2.05, 4.69) is 34.6 Å². The van der Waals surface area contributed by atoms with Crippen LogP contribution < -0.4 is 10.6 Å². The summed E-state index contributed by atoms with van der Waals surface area (Å²) in [5.41, 5.74) is 2.07. The predicted octanol–water partition coefficient (Wildman–Crippen LogP) is 4.63. The minimum atomic E-state index is 0.0359. The first-order chi connectivity index (χ1) is 12.3. The van der Waals surface area contributed by atoms with Crippen LogP contribution in [0.4, 0.5) is 11.4 Å². The number of rotatable bonds is 6. The molecule has 1 saturated carbocycles. The second-order valence-electron chi connectivity index (χ2n) is 7.59. The minimum Gasteiger partial charge on any atom is -0.382 e. The molecule has 1 aliphatic heterocycles. The van der Waals surface area contributed by atoms with Crippen molar-refractivity contribution in [2.24, 2.45) is 0 Å². The molecule has 4 nitrogen and oxygen atoms in total. The van der Waals surface area contributed by atoms with E-state index < -0.39 is 0 Å². The van der Waals surface area contributed by atoms with E-state index in [4.69, 9.17) is 0 Å². The summed E-state index contributed by atoms with van der Waals surface area (Å²) in [6, 6.07) is 8.88. The van der Waals surface area contributed by atoms with Gasteiger partial charge in [0.25, 0.3) is 0 Å². The van der Waals surface area contributed by atoms with Gasteiger partial charge in [-0.2, -0.15) is 0 Å². The first kappa shape index (κ1) is 18.2. The van der Waals surface area contributed by atoms with Crippen LogP contribution in [0.3, 0.4) is 0 Å². The van der Waals surface area contributed by atoms with Crippen LogP contribution >= 0.6 is 0 Å². The van der Waals surface area contributed by atoms with E-state index in [1.807, 2.05) is 12.1 Å². The van der Waals surface area contributed by atoms with E-state index in [1.165, 1.54) is 38.5 Å². The Morgan fingerprint density at radius 3 is 2.40 bits per heavy atom. The standard InChI is InChI=1S/C21H33N3O/c1-2-15-24-16-7-6-10-20(24)21(25)23-19-13-11-18(12-14-19)22-17-8-4-3-5-9-17/h11-14,17,20,22H,2-10,15-16H2,1H3,(H,23,25). The molecule has 1 aromatic carbocycles. The number of carbonyl (C=O) groups is 1. The summed E-state index contributed by atoms with van der Waals surface area (Å²) in [5.74, 6) is 0.154. The Labute approximate surface area is 152 Å². The van der Waals surface area contributed by atoms with Crippen molar-refractivity contribution in [2.75, 3.05) is 23.7 Å². The van der Waals surface area contributed by atoms with E-state index in [9.17, 15) is 4.79 Å². The first-order valence-electron chi connectivity index (χ1n) is 10.2. The van der Waals surface area contributed by atoms with Gasteiger partial charge in [0.05, 0.1) is 6.04 Å². The lowest BCUT2D eigenvalue weighted by Gasteiger charge is -2.34. The van der Waals surface area contributed by atoms with E-state index in [0.29, 0.717) is 6.04 Å². The summed E-state index contributed by atoms with van der Waals surface area (Å²) in [6.07, 6.45) is 11.0. The van der Waals surface area contributed by atoms with Crippen molar-refractivity contribution >= 4 is 17.3 Å². The van der Waals surface area contributed by atoms with Crippen molar-refractivity contribution in [3.05, 3.63) is 24.3 Å².